The molecule has 1 aliphatic rings. The van der Waals surface area contributed by atoms with Gasteiger partial charge in [0, 0.05) is 33.3 Å². The van der Waals surface area contributed by atoms with Crippen LogP contribution in [-0.2, 0) is 11.3 Å². The summed E-state index contributed by atoms with van der Waals surface area (Å²) in [5.74, 6) is 2.26. The van der Waals surface area contributed by atoms with Crippen molar-refractivity contribution in [3.05, 3.63) is 30.1 Å². The van der Waals surface area contributed by atoms with Crippen LogP contribution in [0, 0.1) is 5.92 Å². The van der Waals surface area contributed by atoms with Gasteiger partial charge in [0.1, 0.15) is 5.75 Å². The van der Waals surface area contributed by atoms with Crippen molar-refractivity contribution in [3.8, 4) is 5.75 Å². The van der Waals surface area contributed by atoms with Crippen LogP contribution in [0.4, 0.5) is 5.69 Å². The molecule has 8 nitrogen and oxygen atoms in total. The zero-order chi connectivity index (χ0) is 19.2. The molecule has 0 amide bonds. The van der Waals surface area contributed by atoms with Crippen molar-refractivity contribution in [3.63, 3.8) is 0 Å². The average molecular weight is 374 g/mol. The molecule has 1 aromatic heterocycles. The lowest BCUT2D eigenvalue weighted by Crippen LogP contribution is -2.49. The number of para-hydroxylation sites is 2. The van der Waals surface area contributed by atoms with Gasteiger partial charge in [0.15, 0.2) is 5.82 Å². The smallest absolute Gasteiger partial charge is 0.168 e. The molecule has 8 heteroatoms. The molecule has 2 heterocycles. The molecule has 0 spiro atoms. The summed E-state index contributed by atoms with van der Waals surface area (Å²) in [5.41, 5.74) is 1.16. The molecule has 0 aliphatic carbocycles. The lowest BCUT2D eigenvalue weighted by atomic mass is 10.0. The van der Waals surface area contributed by atoms with Crippen molar-refractivity contribution >= 4 is 5.69 Å². The van der Waals surface area contributed by atoms with Crippen LogP contribution in [0.5, 0.6) is 5.75 Å². The molecule has 27 heavy (non-hydrogen) atoms. The van der Waals surface area contributed by atoms with E-state index in [0.29, 0.717) is 19.1 Å². The topological polar surface area (TPSA) is 68.5 Å². The van der Waals surface area contributed by atoms with Crippen molar-refractivity contribution < 1.29 is 9.47 Å². The maximum absolute atomic E-state index is 5.53. The Morgan fingerprint density at radius 3 is 2.48 bits per heavy atom. The van der Waals surface area contributed by atoms with E-state index in [4.69, 9.17) is 9.47 Å². The predicted octanol–water partition coefficient (Wildman–Crippen LogP) is 1.85. The second-order valence-corrected chi connectivity index (χ2v) is 7.14. The summed E-state index contributed by atoms with van der Waals surface area (Å²) in [5, 5.41) is 12.4. The van der Waals surface area contributed by atoms with Gasteiger partial charge < -0.3 is 14.4 Å². The number of aromatic nitrogens is 4. The van der Waals surface area contributed by atoms with E-state index in [1.54, 1.807) is 14.2 Å². The van der Waals surface area contributed by atoms with Crippen molar-refractivity contribution in [2.45, 2.75) is 26.4 Å². The lowest BCUT2D eigenvalue weighted by molar-refractivity contribution is 0.129. The molecule has 0 radical (unpaired) electrons. The molecule has 2 aromatic rings. The fraction of sp³-hybridized carbons (Fsp3) is 0.632. The molecule has 1 saturated heterocycles. The second kappa shape index (κ2) is 9.14. The van der Waals surface area contributed by atoms with Gasteiger partial charge in [0.25, 0.3) is 0 Å². The summed E-state index contributed by atoms with van der Waals surface area (Å²) >= 11 is 0. The number of piperazine rings is 1. The highest BCUT2D eigenvalue weighted by molar-refractivity contribution is 5.58. The third-order valence-electron chi connectivity index (χ3n) is 5.10. The maximum atomic E-state index is 5.53. The molecule has 1 unspecified atom stereocenters. The zero-order valence-electron chi connectivity index (χ0n) is 16.7. The summed E-state index contributed by atoms with van der Waals surface area (Å²) in [6, 6.07) is 8.40. The first-order chi connectivity index (χ1) is 13.2. The first kappa shape index (κ1) is 19.6. The molecule has 1 aromatic carbocycles. The van der Waals surface area contributed by atoms with E-state index < -0.39 is 0 Å². The number of benzene rings is 1. The Bertz CT molecular complexity index is 712. The summed E-state index contributed by atoms with van der Waals surface area (Å²) in [4.78, 5) is 4.88. The van der Waals surface area contributed by atoms with Crippen molar-refractivity contribution in [2.75, 3.05) is 51.9 Å². The fourth-order valence-electron chi connectivity index (χ4n) is 3.78. The van der Waals surface area contributed by atoms with Gasteiger partial charge in [-0.2, -0.15) is 0 Å². The third kappa shape index (κ3) is 4.39. The molecule has 3 rings (SSSR count). The lowest BCUT2D eigenvalue weighted by Gasteiger charge is -2.41. The fourth-order valence-corrected chi connectivity index (χ4v) is 3.78. The minimum atomic E-state index is 0.191. The van der Waals surface area contributed by atoms with Crippen LogP contribution < -0.4 is 9.64 Å². The van der Waals surface area contributed by atoms with Crippen LogP contribution in [0.2, 0.25) is 0 Å². The maximum Gasteiger partial charge on any atom is 0.168 e. The van der Waals surface area contributed by atoms with Crippen molar-refractivity contribution in [2.24, 2.45) is 5.92 Å². The van der Waals surface area contributed by atoms with Crippen molar-refractivity contribution in [1.82, 2.24) is 25.1 Å². The number of rotatable bonds is 8. The van der Waals surface area contributed by atoms with E-state index in [1.807, 2.05) is 16.8 Å². The Labute approximate surface area is 161 Å². The van der Waals surface area contributed by atoms with Crippen LogP contribution in [-0.4, -0.2) is 72.1 Å². The molecule has 0 bridgehead atoms. The van der Waals surface area contributed by atoms with Gasteiger partial charge in [0.2, 0.25) is 0 Å². The Morgan fingerprint density at radius 2 is 1.81 bits per heavy atom. The average Bonchev–Trinajstić information content (AvgIpc) is 3.14. The van der Waals surface area contributed by atoms with Gasteiger partial charge in [-0.05, 0) is 28.5 Å². The van der Waals surface area contributed by atoms with E-state index in [2.05, 4.69) is 51.3 Å². The third-order valence-corrected chi connectivity index (χ3v) is 5.10. The summed E-state index contributed by atoms with van der Waals surface area (Å²) < 4.78 is 12.6. The van der Waals surface area contributed by atoms with Crippen LogP contribution in [0.3, 0.4) is 0 Å². The molecule has 148 valence electrons. The molecule has 1 fully saturated rings. The number of hydrogen-bond acceptors (Lipinski definition) is 7. The number of methoxy groups -OCH3 is 2. The summed E-state index contributed by atoms with van der Waals surface area (Å²) in [6.45, 7) is 9.54. The number of hydrogen-bond donors (Lipinski definition) is 0. The largest absolute Gasteiger partial charge is 0.495 e. The van der Waals surface area contributed by atoms with Crippen LogP contribution in [0.15, 0.2) is 24.3 Å². The Balaban J connectivity index is 1.72. The summed E-state index contributed by atoms with van der Waals surface area (Å²) in [7, 11) is 3.42. The molecular formula is C19H30N6O2. The van der Waals surface area contributed by atoms with E-state index in [0.717, 1.165) is 43.4 Å². The monoisotopic (exact) mass is 374 g/mol. The first-order valence-corrected chi connectivity index (χ1v) is 9.52. The highest BCUT2D eigenvalue weighted by Gasteiger charge is 2.31. The zero-order valence-corrected chi connectivity index (χ0v) is 16.7. The van der Waals surface area contributed by atoms with E-state index in [1.165, 1.54) is 0 Å². The summed E-state index contributed by atoms with van der Waals surface area (Å²) in [6.07, 6.45) is 0. The van der Waals surface area contributed by atoms with Gasteiger partial charge >= 0.3 is 0 Å². The van der Waals surface area contributed by atoms with Gasteiger partial charge in [-0.25, -0.2) is 4.68 Å². The molecule has 0 N–H and O–H groups in total. The van der Waals surface area contributed by atoms with Crippen LogP contribution in [0.1, 0.15) is 25.7 Å². The highest BCUT2D eigenvalue weighted by atomic mass is 16.5. The number of nitrogens with zero attached hydrogens (tertiary/aromatic N) is 6. The Hall–Kier alpha value is -2.19. The van der Waals surface area contributed by atoms with E-state index in [-0.39, 0.29) is 6.04 Å². The Kier molecular flexibility index (Phi) is 6.63. The van der Waals surface area contributed by atoms with Gasteiger partial charge in [-0.3, -0.25) is 4.90 Å². The van der Waals surface area contributed by atoms with E-state index in [9.17, 15) is 0 Å². The van der Waals surface area contributed by atoms with Gasteiger partial charge in [0.05, 0.1) is 32.0 Å². The number of tetrazole rings is 1. The van der Waals surface area contributed by atoms with Crippen molar-refractivity contribution in [1.29, 1.82) is 0 Å². The Morgan fingerprint density at radius 1 is 1.07 bits per heavy atom. The van der Waals surface area contributed by atoms with Crippen LogP contribution in [0.25, 0.3) is 0 Å². The molecule has 1 aliphatic heterocycles. The van der Waals surface area contributed by atoms with Gasteiger partial charge in [-0.15, -0.1) is 5.10 Å². The quantitative estimate of drug-likeness (QED) is 0.698. The SMILES string of the molecule is COCCn1nnnc1C(C(C)C)N1CCN(c2ccccc2OC)CC1. The number of anilines is 1. The second-order valence-electron chi connectivity index (χ2n) is 7.14. The molecule has 0 saturated carbocycles. The molecule has 1 atom stereocenters. The predicted molar refractivity (Wildman–Crippen MR) is 104 cm³/mol. The molecular weight excluding hydrogens is 344 g/mol. The normalized spacial score (nSPS) is 16.7. The first-order valence-electron chi connectivity index (χ1n) is 9.52. The standard InChI is InChI=1S/C19H30N6O2/c1-15(2)18(19-20-21-22-25(19)13-14-26-3)24-11-9-23(10-12-24)16-7-5-6-8-17(16)27-4/h5-8,15,18H,9-14H2,1-4H3. The minimum Gasteiger partial charge on any atom is -0.495 e. The number of ether oxygens (including phenoxy) is 2. The van der Waals surface area contributed by atoms with Crippen LogP contribution >= 0.6 is 0 Å². The van der Waals surface area contributed by atoms with E-state index >= 15 is 0 Å². The minimum absolute atomic E-state index is 0.191. The highest BCUT2D eigenvalue weighted by Crippen LogP contribution is 2.32. The van der Waals surface area contributed by atoms with Gasteiger partial charge in [-0.1, -0.05) is 26.0 Å².